The number of aromatic nitrogens is 1. The van der Waals surface area contributed by atoms with E-state index >= 15 is 0 Å². The van der Waals surface area contributed by atoms with Gasteiger partial charge in [0.25, 0.3) is 0 Å². The molecule has 0 unspecified atom stereocenters. The number of phenols is 1. The number of aromatic hydroxyl groups is 1. The normalized spacial score (nSPS) is 13.2. The molecular weight excluding hydrogens is 475 g/mol. The lowest BCUT2D eigenvalue weighted by Gasteiger charge is -2.11. The van der Waals surface area contributed by atoms with Crippen LogP contribution < -0.4 is 14.8 Å². The van der Waals surface area contributed by atoms with Crippen molar-refractivity contribution in [2.24, 2.45) is 0 Å². The average Bonchev–Trinajstić information content (AvgIpc) is 3.32. The van der Waals surface area contributed by atoms with Crippen molar-refractivity contribution in [1.29, 1.82) is 0 Å². The molecule has 2 heterocycles. The Morgan fingerprint density at radius 1 is 1.09 bits per heavy atom. The number of nitrogens with one attached hydrogen (secondary N) is 2. The second-order valence-electron chi connectivity index (χ2n) is 7.29. The molecule has 5 nitrogen and oxygen atoms in total. The molecule has 1 aliphatic heterocycles. The number of halogens is 4. The zero-order chi connectivity index (χ0) is 23.8. The van der Waals surface area contributed by atoms with Crippen molar-refractivity contribution in [1.82, 2.24) is 10.3 Å². The van der Waals surface area contributed by atoms with Gasteiger partial charge in [-0.1, -0.05) is 11.6 Å². The molecule has 176 valence electrons. The molecular formula is C23H23ClF3N3O2S. The average molecular weight is 498 g/mol. The van der Waals surface area contributed by atoms with Crippen LogP contribution in [0.25, 0.3) is 0 Å². The Morgan fingerprint density at radius 3 is 2.39 bits per heavy atom. The zero-order valence-corrected chi connectivity index (χ0v) is 19.3. The second-order valence-corrected chi connectivity index (χ2v) is 8.61. The maximum absolute atomic E-state index is 12.7. The highest BCUT2D eigenvalue weighted by Gasteiger charge is 2.33. The Labute approximate surface area is 199 Å². The summed E-state index contributed by atoms with van der Waals surface area (Å²) in [5.41, 5.74) is 0.200. The van der Waals surface area contributed by atoms with E-state index in [0.29, 0.717) is 27.2 Å². The topological polar surface area (TPSA) is 66.4 Å². The Balaban J connectivity index is 0.000000541. The summed E-state index contributed by atoms with van der Waals surface area (Å²) in [5.74, 6) is 0.103. The van der Waals surface area contributed by atoms with Crippen LogP contribution in [-0.4, -0.2) is 23.2 Å². The lowest BCUT2D eigenvalue weighted by molar-refractivity contribution is -0.138. The predicted molar refractivity (Wildman–Crippen MR) is 125 cm³/mol. The third kappa shape index (κ3) is 8.03. The first-order chi connectivity index (χ1) is 15.7. The third-order valence-corrected chi connectivity index (χ3v) is 5.53. The number of anilines is 1. The van der Waals surface area contributed by atoms with Gasteiger partial charge in [-0.05, 0) is 86.8 Å². The highest BCUT2D eigenvalue weighted by molar-refractivity contribution is 8.00. The summed E-state index contributed by atoms with van der Waals surface area (Å²) in [5, 5.41) is 13.3. The van der Waals surface area contributed by atoms with Gasteiger partial charge in [-0.15, -0.1) is 0 Å². The summed E-state index contributed by atoms with van der Waals surface area (Å²) < 4.78 is 46.5. The minimum atomic E-state index is -4.60. The fourth-order valence-electron chi connectivity index (χ4n) is 2.95. The third-order valence-electron chi connectivity index (χ3n) is 4.49. The van der Waals surface area contributed by atoms with E-state index in [9.17, 15) is 18.3 Å². The Bertz CT molecular complexity index is 1030. The summed E-state index contributed by atoms with van der Waals surface area (Å²) >= 11 is 7.13. The SMILES string of the molecule is C1CCNC1.Cc1cc(Cl)cc(Oc2ccc(SNc3ccc(C(F)(F)F)c(O)c3)cn2)c1. The second kappa shape index (κ2) is 11.5. The number of hydrogen-bond donors (Lipinski definition) is 3. The Hall–Kier alpha value is -2.62. The molecule has 0 saturated carbocycles. The van der Waals surface area contributed by atoms with Crippen LogP contribution in [0.2, 0.25) is 5.02 Å². The molecule has 0 atom stereocenters. The van der Waals surface area contributed by atoms with Gasteiger partial charge in [0.1, 0.15) is 11.5 Å². The van der Waals surface area contributed by atoms with Gasteiger partial charge in [0, 0.05) is 33.9 Å². The van der Waals surface area contributed by atoms with Crippen LogP contribution in [0.1, 0.15) is 24.0 Å². The number of alkyl halides is 3. The predicted octanol–water partition coefficient (Wildman–Crippen LogP) is 7.05. The van der Waals surface area contributed by atoms with E-state index in [0.717, 1.165) is 29.6 Å². The Kier molecular flexibility index (Phi) is 8.71. The first-order valence-electron chi connectivity index (χ1n) is 10.2. The molecule has 3 N–H and O–H groups in total. The van der Waals surface area contributed by atoms with Crippen LogP contribution in [0.15, 0.2) is 59.6 Å². The van der Waals surface area contributed by atoms with Crippen LogP contribution in [-0.2, 0) is 6.18 Å². The van der Waals surface area contributed by atoms with Crippen molar-refractivity contribution in [2.45, 2.75) is 30.8 Å². The number of benzene rings is 2. The number of pyridine rings is 1. The summed E-state index contributed by atoms with van der Waals surface area (Å²) in [6, 6.07) is 11.8. The molecule has 2 aromatic carbocycles. The van der Waals surface area contributed by atoms with Crippen LogP contribution >= 0.6 is 23.5 Å². The summed E-state index contributed by atoms with van der Waals surface area (Å²) in [4.78, 5) is 4.89. The number of ether oxygens (including phenoxy) is 1. The maximum Gasteiger partial charge on any atom is 0.419 e. The van der Waals surface area contributed by atoms with Crippen molar-refractivity contribution in [3.63, 3.8) is 0 Å². The van der Waals surface area contributed by atoms with Gasteiger partial charge in [-0.3, -0.25) is 0 Å². The molecule has 0 aliphatic carbocycles. The van der Waals surface area contributed by atoms with Crippen LogP contribution in [0.3, 0.4) is 0 Å². The van der Waals surface area contributed by atoms with E-state index in [1.54, 1.807) is 24.4 Å². The van der Waals surface area contributed by atoms with Gasteiger partial charge in [-0.2, -0.15) is 13.2 Å². The first-order valence-corrected chi connectivity index (χ1v) is 11.3. The molecule has 4 rings (SSSR count). The number of nitrogens with zero attached hydrogens (tertiary/aromatic N) is 1. The van der Waals surface area contributed by atoms with Gasteiger partial charge in [0.2, 0.25) is 5.88 Å². The summed E-state index contributed by atoms with van der Waals surface area (Å²) in [7, 11) is 0. The zero-order valence-electron chi connectivity index (χ0n) is 17.7. The fourth-order valence-corrected chi connectivity index (χ4v) is 3.83. The maximum atomic E-state index is 12.7. The smallest absolute Gasteiger partial charge is 0.419 e. The van der Waals surface area contributed by atoms with E-state index in [-0.39, 0.29) is 0 Å². The van der Waals surface area contributed by atoms with Crippen LogP contribution in [0.5, 0.6) is 17.4 Å². The number of phenolic OH excluding ortho intramolecular Hbond substituents is 1. The highest BCUT2D eigenvalue weighted by Crippen LogP contribution is 2.37. The van der Waals surface area contributed by atoms with Crippen molar-refractivity contribution in [2.75, 3.05) is 17.8 Å². The van der Waals surface area contributed by atoms with Gasteiger partial charge < -0.3 is 19.9 Å². The number of hydrogen-bond acceptors (Lipinski definition) is 6. The molecule has 10 heteroatoms. The quantitative estimate of drug-likeness (QED) is 0.328. The van der Waals surface area contributed by atoms with E-state index in [2.05, 4.69) is 15.0 Å². The van der Waals surface area contributed by atoms with E-state index in [1.807, 2.05) is 19.1 Å². The van der Waals surface area contributed by atoms with Gasteiger partial charge in [0.15, 0.2) is 0 Å². The monoisotopic (exact) mass is 497 g/mol. The highest BCUT2D eigenvalue weighted by atomic mass is 35.5. The number of aryl methyl sites for hydroxylation is 1. The molecule has 33 heavy (non-hydrogen) atoms. The molecule has 0 amide bonds. The molecule has 1 aromatic heterocycles. The summed E-state index contributed by atoms with van der Waals surface area (Å²) in [6.45, 7) is 4.40. The van der Waals surface area contributed by atoms with Crippen molar-refractivity contribution in [3.8, 4) is 17.4 Å². The first kappa shape index (κ1) is 25.0. The van der Waals surface area contributed by atoms with Crippen molar-refractivity contribution < 1.29 is 23.0 Å². The molecule has 3 aromatic rings. The molecule has 1 saturated heterocycles. The molecule has 1 fully saturated rings. The Morgan fingerprint density at radius 2 is 1.85 bits per heavy atom. The fraction of sp³-hybridized carbons (Fsp3) is 0.261. The molecule has 0 spiro atoms. The minimum Gasteiger partial charge on any atom is -0.507 e. The molecule has 1 aliphatic rings. The largest absolute Gasteiger partial charge is 0.507 e. The van der Waals surface area contributed by atoms with Crippen molar-refractivity contribution in [3.05, 3.63) is 70.9 Å². The van der Waals surface area contributed by atoms with Crippen LogP contribution in [0, 0.1) is 6.92 Å². The van der Waals surface area contributed by atoms with Gasteiger partial charge in [-0.25, -0.2) is 4.98 Å². The lowest BCUT2D eigenvalue weighted by atomic mass is 10.2. The van der Waals surface area contributed by atoms with E-state index in [4.69, 9.17) is 16.3 Å². The van der Waals surface area contributed by atoms with E-state index < -0.39 is 17.5 Å². The van der Waals surface area contributed by atoms with Crippen LogP contribution in [0.4, 0.5) is 18.9 Å². The molecule has 0 radical (unpaired) electrons. The lowest BCUT2D eigenvalue weighted by Crippen LogP contribution is -2.05. The molecule has 0 bridgehead atoms. The van der Waals surface area contributed by atoms with Crippen molar-refractivity contribution >= 4 is 29.2 Å². The minimum absolute atomic E-state index is 0.324. The standard InChI is InChI=1S/C19H14ClF3N2O2S.C4H9N/c1-11-6-12(20)8-14(7-11)27-18-5-3-15(10-24-18)28-25-13-2-4-16(17(26)9-13)19(21,22)23;1-2-4-5-3-1/h2-10,25-26H,1H3;5H,1-4H2. The van der Waals surface area contributed by atoms with Gasteiger partial charge >= 0.3 is 6.18 Å². The van der Waals surface area contributed by atoms with Gasteiger partial charge in [0.05, 0.1) is 5.56 Å². The number of rotatable bonds is 5. The van der Waals surface area contributed by atoms with E-state index in [1.165, 1.54) is 32.0 Å². The summed E-state index contributed by atoms with van der Waals surface area (Å²) in [6.07, 6.45) is -0.272.